The third-order valence-corrected chi connectivity index (χ3v) is 7.64. The standard InChI is InChI=1S/C22H31N5OSi/c1-29(2,3)15-14-28-17-26-11-7-20-21-18(16-24-22(20)26)4-12-27(21)19-5-9-25(10-6-19)13-8-23/h4,7,11-12,16,19H,5-6,9-10,13-15,17H2,1-3H3. The molecule has 1 saturated heterocycles. The Morgan fingerprint density at radius 1 is 1.21 bits per heavy atom. The molecule has 1 aliphatic heterocycles. The smallest absolute Gasteiger partial charge is 0.143 e. The normalized spacial score (nSPS) is 16.6. The fraction of sp³-hybridized carbons (Fsp3) is 0.545. The number of ether oxygens (including phenoxy) is 1. The number of hydrogen-bond acceptors (Lipinski definition) is 4. The van der Waals surface area contributed by atoms with Crippen LogP contribution in [-0.4, -0.2) is 53.3 Å². The van der Waals surface area contributed by atoms with Crippen LogP contribution in [0.25, 0.3) is 21.9 Å². The highest BCUT2D eigenvalue weighted by molar-refractivity contribution is 6.76. The van der Waals surface area contributed by atoms with E-state index in [-0.39, 0.29) is 0 Å². The summed E-state index contributed by atoms with van der Waals surface area (Å²) >= 11 is 0. The van der Waals surface area contributed by atoms with Gasteiger partial charge in [-0.2, -0.15) is 5.26 Å². The molecule has 1 fully saturated rings. The van der Waals surface area contributed by atoms with Crippen molar-refractivity contribution in [2.45, 2.75) is 51.3 Å². The van der Waals surface area contributed by atoms with Crippen molar-refractivity contribution >= 4 is 30.0 Å². The van der Waals surface area contributed by atoms with Crippen molar-refractivity contribution in [2.24, 2.45) is 0 Å². The third kappa shape index (κ3) is 4.40. The Bertz CT molecular complexity index is 1020. The lowest BCUT2D eigenvalue weighted by Crippen LogP contribution is -2.34. The zero-order valence-corrected chi connectivity index (χ0v) is 18.8. The van der Waals surface area contributed by atoms with Crippen molar-refractivity contribution in [1.29, 1.82) is 5.26 Å². The molecule has 0 spiro atoms. The van der Waals surface area contributed by atoms with E-state index < -0.39 is 8.07 Å². The van der Waals surface area contributed by atoms with Crippen LogP contribution in [0.1, 0.15) is 18.9 Å². The number of pyridine rings is 1. The lowest BCUT2D eigenvalue weighted by atomic mass is 10.0. The van der Waals surface area contributed by atoms with Crippen LogP contribution in [0.3, 0.4) is 0 Å². The summed E-state index contributed by atoms with van der Waals surface area (Å²) in [5.41, 5.74) is 2.27. The zero-order valence-electron chi connectivity index (χ0n) is 17.8. The van der Waals surface area contributed by atoms with E-state index in [1.165, 1.54) is 22.3 Å². The van der Waals surface area contributed by atoms with E-state index in [1.807, 2.05) is 6.20 Å². The molecule has 1 aliphatic rings. The molecule has 0 saturated carbocycles. The lowest BCUT2D eigenvalue weighted by molar-refractivity contribution is 0.0899. The predicted octanol–water partition coefficient (Wildman–Crippen LogP) is 4.46. The van der Waals surface area contributed by atoms with E-state index in [0.717, 1.165) is 38.2 Å². The van der Waals surface area contributed by atoms with Crippen molar-refractivity contribution < 1.29 is 4.74 Å². The molecule has 0 atom stereocenters. The molecule has 0 amide bonds. The van der Waals surface area contributed by atoms with Gasteiger partial charge in [0.05, 0.1) is 18.1 Å². The van der Waals surface area contributed by atoms with E-state index in [4.69, 9.17) is 15.0 Å². The minimum atomic E-state index is -1.07. The van der Waals surface area contributed by atoms with Crippen molar-refractivity contribution in [3.05, 3.63) is 30.7 Å². The van der Waals surface area contributed by atoms with Crippen LogP contribution in [0.15, 0.2) is 30.7 Å². The zero-order chi connectivity index (χ0) is 20.4. The Morgan fingerprint density at radius 3 is 2.72 bits per heavy atom. The summed E-state index contributed by atoms with van der Waals surface area (Å²) in [5, 5.41) is 11.3. The number of hydrogen-bond donors (Lipinski definition) is 0. The van der Waals surface area contributed by atoms with Crippen LogP contribution in [0, 0.1) is 11.3 Å². The Kier molecular flexibility index (Phi) is 5.77. The van der Waals surface area contributed by atoms with Crippen LogP contribution in [0.4, 0.5) is 0 Å². The van der Waals surface area contributed by atoms with Gasteiger partial charge in [-0.05, 0) is 31.0 Å². The summed E-state index contributed by atoms with van der Waals surface area (Å²) in [4.78, 5) is 6.97. The Hall–Kier alpha value is -2.14. The van der Waals surface area contributed by atoms with Gasteiger partial charge in [-0.15, -0.1) is 0 Å². The van der Waals surface area contributed by atoms with E-state index in [9.17, 15) is 0 Å². The summed E-state index contributed by atoms with van der Waals surface area (Å²) in [6, 6.07) is 8.27. The SMILES string of the molecule is C[Si](C)(C)CCOCn1ccc2c1ncc1ccn(C3CCN(CC#N)CC3)c12. The number of fused-ring (bicyclic) bond motifs is 3. The Labute approximate surface area is 173 Å². The first kappa shape index (κ1) is 20.1. The van der Waals surface area contributed by atoms with Crippen molar-refractivity contribution in [3.63, 3.8) is 0 Å². The predicted molar refractivity (Wildman–Crippen MR) is 120 cm³/mol. The monoisotopic (exact) mass is 409 g/mol. The molecule has 0 unspecified atom stereocenters. The maximum absolute atomic E-state index is 8.93. The third-order valence-electron chi connectivity index (χ3n) is 5.93. The van der Waals surface area contributed by atoms with Gasteiger partial charge in [0.1, 0.15) is 12.4 Å². The maximum Gasteiger partial charge on any atom is 0.143 e. The number of piperidine rings is 1. The summed E-state index contributed by atoms with van der Waals surface area (Å²) in [7, 11) is -1.07. The maximum atomic E-state index is 8.93. The minimum Gasteiger partial charge on any atom is -0.361 e. The van der Waals surface area contributed by atoms with Gasteiger partial charge in [-0.3, -0.25) is 4.90 Å². The molecule has 0 radical (unpaired) electrons. The van der Waals surface area contributed by atoms with Gasteiger partial charge in [0.2, 0.25) is 0 Å². The summed E-state index contributed by atoms with van der Waals surface area (Å²) in [6.07, 6.45) is 8.44. The minimum absolute atomic E-state index is 0.476. The quantitative estimate of drug-likeness (QED) is 0.328. The lowest BCUT2D eigenvalue weighted by Gasteiger charge is -2.31. The number of likely N-dealkylation sites (tertiary alicyclic amines) is 1. The highest BCUT2D eigenvalue weighted by Gasteiger charge is 2.22. The number of nitrogens with zero attached hydrogens (tertiary/aromatic N) is 5. The van der Waals surface area contributed by atoms with Gasteiger partial charge < -0.3 is 13.9 Å². The van der Waals surface area contributed by atoms with Crippen molar-refractivity contribution in [3.8, 4) is 6.07 Å². The average Bonchev–Trinajstić information content (AvgIpc) is 3.29. The van der Waals surface area contributed by atoms with Crippen LogP contribution in [0.5, 0.6) is 0 Å². The molecule has 3 aromatic rings. The second kappa shape index (κ2) is 8.31. The first-order valence-corrected chi connectivity index (χ1v) is 14.3. The molecule has 0 bridgehead atoms. The summed E-state index contributed by atoms with van der Waals surface area (Å²) in [6.45, 7) is 11.0. The molecule has 154 valence electrons. The number of rotatable bonds is 7. The van der Waals surface area contributed by atoms with Crippen LogP contribution >= 0.6 is 0 Å². The summed E-state index contributed by atoms with van der Waals surface area (Å²) in [5.74, 6) is 0. The molecule has 7 heteroatoms. The molecule has 29 heavy (non-hydrogen) atoms. The molecule has 0 aromatic carbocycles. The first-order chi connectivity index (χ1) is 14.0. The average molecular weight is 410 g/mol. The van der Waals surface area contributed by atoms with Crippen LogP contribution < -0.4 is 0 Å². The highest BCUT2D eigenvalue weighted by Crippen LogP contribution is 2.32. The van der Waals surface area contributed by atoms with Gasteiger partial charge in [-0.1, -0.05) is 19.6 Å². The molecule has 6 nitrogen and oxygen atoms in total. The van der Waals surface area contributed by atoms with E-state index in [1.54, 1.807) is 0 Å². The Morgan fingerprint density at radius 2 is 2.00 bits per heavy atom. The largest absolute Gasteiger partial charge is 0.361 e. The van der Waals surface area contributed by atoms with Gasteiger partial charge >= 0.3 is 0 Å². The van der Waals surface area contributed by atoms with E-state index >= 15 is 0 Å². The van der Waals surface area contributed by atoms with Gasteiger partial charge in [-0.25, -0.2) is 4.98 Å². The van der Waals surface area contributed by atoms with Gasteiger partial charge in [0.25, 0.3) is 0 Å². The molecular formula is C22H31N5OSi. The molecule has 3 aromatic heterocycles. The Balaban J connectivity index is 1.54. The molecule has 0 aliphatic carbocycles. The number of aromatic nitrogens is 3. The van der Waals surface area contributed by atoms with E-state index in [0.29, 0.717) is 19.3 Å². The van der Waals surface area contributed by atoms with Crippen LogP contribution in [-0.2, 0) is 11.5 Å². The second-order valence-corrected chi connectivity index (χ2v) is 14.9. The van der Waals surface area contributed by atoms with Gasteiger partial charge in [0, 0.05) is 63.2 Å². The second-order valence-electron chi connectivity index (χ2n) is 9.32. The molecular weight excluding hydrogens is 378 g/mol. The van der Waals surface area contributed by atoms with E-state index in [2.05, 4.69) is 64.3 Å². The topological polar surface area (TPSA) is 59.0 Å². The first-order valence-electron chi connectivity index (χ1n) is 10.6. The summed E-state index contributed by atoms with van der Waals surface area (Å²) < 4.78 is 10.5. The fourth-order valence-corrected chi connectivity index (χ4v) is 4.95. The highest BCUT2D eigenvalue weighted by atomic mass is 28.3. The fourth-order valence-electron chi connectivity index (χ4n) is 4.19. The van der Waals surface area contributed by atoms with Crippen molar-refractivity contribution in [2.75, 3.05) is 26.2 Å². The van der Waals surface area contributed by atoms with Crippen molar-refractivity contribution in [1.82, 2.24) is 19.0 Å². The number of nitriles is 1. The van der Waals surface area contributed by atoms with Crippen LogP contribution in [0.2, 0.25) is 25.7 Å². The molecule has 0 N–H and O–H groups in total. The molecule has 4 rings (SSSR count). The molecule has 4 heterocycles. The van der Waals surface area contributed by atoms with Gasteiger partial charge in [0.15, 0.2) is 0 Å².